The molecule has 1 aliphatic carbocycles. The maximum Gasteiger partial charge on any atom is 0.333 e. The number of carbonyl (C=O) groups is 2. The first kappa shape index (κ1) is 21.6. The Morgan fingerprint density at radius 2 is 1.93 bits per heavy atom. The number of hydrogen-bond donors (Lipinski definition) is 2. The van der Waals surface area contributed by atoms with E-state index in [2.05, 4.69) is 36.4 Å². The van der Waals surface area contributed by atoms with E-state index in [-0.39, 0.29) is 16.9 Å². The number of nitrogens with one attached hydrogen (secondary N) is 2. The van der Waals surface area contributed by atoms with Crippen LogP contribution in [0.5, 0.6) is 0 Å². The van der Waals surface area contributed by atoms with E-state index in [0.717, 1.165) is 12.8 Å². The Balaban J connectivity index is 2.03. The summed E-state index contributed by atoms with van der Waals surface area (Å²) >= 11 is 0. The summed E-state index contributed by atoms with van der Waals surface area (Å²) in [6.07, 6.45) is 4.08. The van der Waals surface area contributed by atoms with E-state index in [1.165, 1.54) is 7.11 Å². The van der Waals surface area contributed by atoms with Gasteiger partial charge in [0.15, 0.2) is 6.04 Å². The smallest absolute Gasteiger partial charge is 0.333 e. The van der Waals surface area contributed by atoms with Crippen molar-refractivity contribution in [1.29, 1.82) is 0 Å². The predicted molar refractivity (Wildman–Crippen MR) is 105 cm³/mol. The molecule has 1 fully saturated rings. The second-order valence-electron chi connectivity index (χ2n) is 8.63. The molecular formula is C21H29N3O4. The minimum absolute atomic E-state index is 0.00869. The van der Waals surface area contributed by atoms with Gasteiger partial charge in [0.2, 0.25) is 6.08 Å². The van der Waals surface area contributed by atoms with Crippen molar-refractivity contribution >= 4 is 18.1 Å². The summed E-state index contributed by atoms with van der Waals surface area (Å²) in [5, 5.41) is 5.56. The lowest BCUT2D eigenvalue weighted by Gasteiger charge is -2.45. The first-order valence-electron chi connectivity index (χ1n) is 9.42. The van der Waals surface area contributed by atoms with Gasteiger partial charge >= 0.3 is 12.0 Å². The summed E-state index contributed by atoms with van der Waals surface area (Å²) < 4.78 is 4.82. The number of isocyanates is 1. The topological polar surface area (TPSA) is 96.9 Å². The van der Waals surface area contributed by atoms with Gasteiger partial charge in [-0.25, -0.2) is 19.4 Å². The maximum absolute atomic E-state index is 12.5. The zero-order valence-corrected chi connectivity index (χ0v) is 17.0. The molecular weight excluding hydrogens is 358 g/mol. The normalized spacial score (nSPS) is 24.4. The summed E-state index contributed by atoms with van der Waals surface area (Å²) in [7, 11) is 1.29. The molecule has 0 heterocycles. The number of ether oxygens (including phenoxy) is 1. The lowest BCUT2D eigenvalue weighted by Crippen LogP contribution is -2.48. The van der Waals surface area contributed by atoms with Crippen LogP contribution < -0.4 is 10.6 Å². The second kappa shape index (κ2) is 9.02. The molecule has 3 unspecified atom stereocenters. The van der Waals surface area contributed by atoms with Gasteiger partial charge in [0.1, 0.15) is 0 Å². The molecule has 7 heteroatoms. The van der Waals surface area contributed by atoms with Crippen molar-refractivity contribution in [1.82, 2.24) is 10.6 Å². The van der Waals surface area contributed by atoms with Crippen molar-refractivity contribution in [3.63, 3.8) is 0 Å². The predicted octanol–water partition coefficient (Wildman–Crippen LogP) is 3.12. The molecule has 0 aromatic heterocycles. The van der Waals surface area contributed by atoms with Gasteiger partial charge in [-0.1, -0.05) is 51.1 Å². The molecule has 1 aliphatic rings. The summed E-state index contributed by atoms with van der Waals surface area (Å²) in [5.74, 6) is -0.535. The van der Waals surface area contributed by atoms with Gasteiger partial charge in [-0.2, -0.15) is 0 Å². The lowest BCUT2D eigenvalue weighted by molar-refractivity contribution is -0.143. The van der Waals surface area contributed by atoms with E-state index in [1.54, 1.807) is 30.3 Å². The van der Waals surface area contributed by atoms with E-state index >= 15 is 0 Å². The standard InChI is InChI=1S/C21H29N3O4/c1-20(2)10-16(23-14-25)11-21(3,12-20)13-22-19(27)24-17(18(26)28-4)15-8-6-5-7-9-15/h5-9,16-17H,10-13H2,1-4H3,(H2,22,24,27). The lowest BCUT2D eigenvalue weighted by atomic mass is 9.63. The number of aliphatic imine (C=N–C) groups is 1. The third-order valence-electron chi connectivity index (χ3n) is 5.18. The van der Waals surface area contributed by atoms with E-state index in [9.17, 15) is 14.4 Å². The van der Waals surface area contributed by atoms with Crippen molar-refractivity contribution in [2.45, 2.75) is 52.1 Å². The highest BCUT2D eigenvalue weighted by atomic mass is 16.5. The molecule has 152 valence electrons. The van der Waals surface area contributed by atoms with Crippen LogP contribution >= 0.6 is 0 Å². The fourth-order valence-corrected chi connectivity index (χ4v) is 4.40. The quantitative estimate of drug-likeness (QED) is 0.445. The van der Waals surface area contributed by atoms with Crippen molar-refractivity contribution in [2.75, 3.05) is 13.7 Å². The Kier molecular flexibility index (Phi) is 6.97. The van der Waals surface area contributed by atoms with Crippen LogP contribution in [0, 0.1) is 10.8 Å². The summed E-state index contributed by atoms with van der Waals surface area (Å²) in [6, 6.07) is 7.52. The molecule has 3 atom stereocenters. The van der Waals surface area contributed by atoms with Gasteiger partial charge in [-0.05, 0) is 35.7 Å². The van der Waals surface area contributed by atoms with E-state index in [1.807, 2.05) is 6.07 Å². The Bertz CT molecular complexity index is 743. The number of carbonyl (C=O) groups excluding carboxylic acids is 3. The zero-order valence-electron chi connectivity index (χ0n) is 17.0. The van der Waals surface area contributed by atoms with Crippen LogP contribution in [0.2, 0.25) is 0 Å². The van der Waals surface area contributed by atoms with Gasteiger partial charge in [-0.3, -0.25) is 0 Å². The first-order chi connectivity index (χ1) is 13.2. The van der Waals surface area contributed by atoms with Gasteiger partial charge in [0.05, 0.1) is 13.2 Å². The molecule has 0 aliphatic heterocycles. The van der Waals surface area contributed by atoms with E-state index < -0.39 is 18.0 Å². The number of benzene rings is 1. The van der Waals surface area contributed by atoms with Crippen LogP contribution in [0.15, 0.2) is 35.3 Å². The highest BCUT2D eigenvalue weighted by Crippen LogP contribution is 2.46. The number of urea groups is 1. The summed E-state index contributed by atoms with van der Waals surface area (Å²) in [6.45, 7) is 6.77. The second-order valence-corrected chi connectivity index (χ2v) is 8.63. The number of hydrogen-bond acceptors (Lipinski definition) is 5. The molecule has 0 spiro atoms. The molecule has 2 rings (SSSR count). The number of nitrogens with zero attached hydrogens (tertiary/aromatic N) is 1. The molecule has 7 nitrogen and oxygen atoms in total. The minimum atomic E-state index is -0.880. The number of rotatable bonds is 6. The Hall–Kier alpha value is -2.66. The fraction of sp³-hybridized carbons (Fsp3) is 0.571. The molecule has 28 heavy (non-hydrogen) atoms. The average Bonchev–Trinajstić information content (AvgIpc) is 2.63. The van der Waals surface area contributed by atoms with Gasteiger partial charge in [0.25, 0.3) is 0 Å². The van der Waals surface area contributed by atoms with Crippen LogP contribution in [-0.4, -0.2) is 37.8 Å². The maximum atomic E-state index is 12.5. The van der Waals surface area contributed by atoms with E-state index in [0.29, 0.717) is 18.5 Å². The van der Waals surface area contributed by atoms with Crippen LogP contribution in [0.3, 0.4) is 0 Å². The fourth-order valence-electron chi connectivity index (χ4n) is 4.40. The third-order valence-corrected chi connectivity index (χ3v) is 5.18. The highest BCUT2D eigenvalue weighted by Gasteiger charge is 2.41. The highest BCUT2D eigenvalue weighted by molar-refractivity contribution is 5.84. The van der Waals surface area contributed by atoms with Crippen molar-refractivity contribution < 1.29 is 19.1 Å². The van der Waals surface area contributed by atoms with Crippen molar-refractivity contribution in [3.05, 3.63) is 35.9 Å². The molecule has 0 bridgehead atoms. The average molecular weight is 387 g/mol. The third kappa shape index (κ3) is 5.92. The number of amides is 2. The molecule has 2 N–H and O–H groups in total. The molecule has 2 amide bonds. The Morgan fingerprint density at radius 3 is 2.54 bits per heavy atom. The molecule has 0 saturated heterocycles. The SMILES string of the molecule is COC(=O)C(NC(=O)NCC1(C)CC(N=C=O)CC(C)(C)C1)c1ccccc1. The molecule has 1 saturated carbocycles. The molecule has 1 aromatic rings. The monoisotopic (exact) mass is 387 g/mol. The zero-order chi connectivity index (χ0) is 20.8. The van der Waals surface area contributed by atoms with Crippen molar-refractivity contribution in [2.24, 2.45) is 15.8 Å². The summed E-state index contributed by atoms with van der Waals surface area (Å²) in [4.78, 5) is 39.2. The van der Waals surface area contributed by atoms with Gasteiger partial charge in [-0.15, -0.1) is 0 Å². The molecule has 0 radical (unpaired) electrons. The minimum Gasteiger partial charge on any atom is -0.467 e. The van der Waals surface area contributed by atoms with Crippen LogP contribution in [-0.2, 0) is 14.3 Å². The Labute approximate surface area is 165 Å². The van der Waals surface area contributed by atoms with E-state index in [4.69, 9.17) is 4.74 Å². The first-order valence-corrected chi connectivity index (χ1v) is 9.42. The van der Waals surface area contributed by atoms with Crippen LogP contribution in [0.25, 0.3) is 0 Å². The summed E-state index contributed by atoms with van der Waals surface area (Å²) in [5.41, 5.74) is 0.446. The Morgan fingerprint density at radius 1 is 1.25 bits per heavy atom. The number of methoxy groups -OCH3 is 1. The number of esters is 1. The van der Waals surface area contributed by atoms with Crippen molar-refractivity contribution in [3.8, 4) is 0 Å². The van der Waals surface area contributed by atoms with Gasteiger partial charge < -0.3 is 15.4 Å². The van der Waals surface area contributed by atoms with Crippen LogP contribution in [0.1, 0.15) is 51.6 Å². The van der Waals surface area contributed by atoms with Crippen LogP contribution in [0.4, 0.5) is 4.79 Å². The van der Waals surface area contributed by atoms with Gasteiger partial charge in [0, 0.05) is 6.54 Å². The molecule has 1 aromatic carbocycles. The largest absolute Gasteiger partial charge is 0.467 e.